The molecule has 1 aliphatic carbocycles. The minimum absolute atomic E-state index is 0.796. The van der Waals surface area contributed by atoms with Crippen LogP contribution >= 0.6 is 0 Å². The van der Waals surface area contributed by atoms with Crippen LogP contribution < -0.4 is 5.32 Å². The quantitative estimate of drug-likeness (QED) is 0.640. The second-order valence-electron chi connectivity index (χ2n) is 5.92. The standard InChI is InChI=1S/C16H34N2/c1-4-6-12-18(13-7-5-2)14-11-15-9-8-10-16(15)17-3/h15-17H,4-14H2,1-3H3. The number of rotatable bonds is 10. The van der Waals surface area contributed by atoms with E-state index in [1.165, 1.54) is 71.0 Å². The normalized spacial score (nSPS) is 24.0. The third kappa shape index (κ3) is 5.71. The van der Waals surface area contributed by atoms with Gasteiger partial charge >= 0.3 is 0 Å². The summed E-state index contributed by atoms with van der Waals surface area (Å²) in [6.07, 6.45) is 11.1. The summed E-state index contributed by atoms with van der Waals surface area (Å²) in [6, 6.07) is 0.796. The molecule has 1 rings (SSSR count). The molecular formula is C16H34N2. The number of unbranched alkanes of at least 4 members (excludes halogenated alkanes) is 2. The summed E-state index contributed by atoms with van der Waals surface area (Å²) in [4.78, 5) is 2.71. The molecule has 0 amide bonds. The maximum atomic E-state index is 3.51. The molecule has 0 aromatic carbocycles. The van der Waals surface area contributed by atoms with Gasteiger partial charge in [0.2, 0.25) is 0 Å². The minimum atomic E-state index is 0.796. The molecule has 0 aliphatic heterocycles. The molecule has 0 saturated heterocycles. The number of nitrogens with one attached hydrogen (secondary N) is 1. The molecule has 2 nitrogen and oxygen atoms in total. The monoisotopic (exact) mass is 254 g/mol. The van der Waals surface area contributed by atoms with Gasteiger partial charge in [0, 0.05) is 6.04 Å². The maximum absolute atomic E-state index is 3.51. The molecule has 1 saturated carbocycles. The van der Waals surface area contributed by atoms with Crippen molar-refractivity contribution in [3.8, 4) is 0 Å². The van der Waals surface area contributed by atoms with Crippen LogP contribution in [0.1, 0.15) is 65.2 Å². The van der Waals surface area contributed by atoms with Crippen LogP contribution in [0.4, 0.5) is 0 Å². The molecule has 1 fully saturated rings. The molecular weight excluding hydrogens is 220 g/mol. The van der Waals surface area contributed by atoms with Gasteiger partial charge in [-0.2, -0.15) is 0 Å². The summed E-state index contributed by atoms with van der Waals surface area (Å²) in [7, 11) is 2.13. The summed E-state index contributed by atoms with van der Waals surface area (Å²) >= 11 is 0. The van der Waals surface area contributed by atoms with Gasteiger partial charge in [0.05, 0.1) is 0 Å². The fourth-order valence-corrected chi connectivity index (χ4v) is 3.21. The molecule has 0 spiro atoms. The van der Waals surface area contributed by atoms with E-state index in [0.717, 1.165) is 12.0 Å². The zero-order chi connectivity index (χ0) is 13.2. The van der Waals surface area contributed by atoms with Crippen LogP contribution in [0.25, 0.3) is 0 Å². The van der Waals surface area contributed by atoms with Gasteiger partial charge in [-0.25, -0.2) is 0 Å². The average Bonchev–Trinajstić information content (AvgIpc) is 2.85. The summed E-state index contributed by atoms with van der Waals surface area (Å²) < 4.78 is 0. The molecule has 0 aromatic heterocycles. The van der Waals surface area contributed by atoms with E-state index in [9.17, 15) is 0 Å². The highest BCUT2D eigenvalue weighted by Gasteiger charge is 2.25. The zero-order valence-electron chi connectivity index (χ0n) is 12.9. The van der Waals surface area contributed by atoms with Crippen molar-refractivity contribution in [2.24, 2.45) is 5.92 Å². The predicted molar refractivity (Wildman–Crippen MR) is 81.1 cm³/mol. The first kappa shape index (κ1) is 16.0. The Morgan fingerprint density at radius 1 is 1.00 bits per heavy atom. The fraction of sp³-hybridized carbons (Fsp3) is 1.00. The van der Waals surface area contributed by atoms with Crippen molar-refractivity contribution in [1.29, 1.82) is 0 Å². The zero-order valence-corrected chi connectivity index (χ0v) is 12.9. The second-order valence-corrected chi connectivity index (χ2v) is 5.92. The Kier molecular flexibility index (Phi) is 8.70. The van der Waals surface area contributed by atoms with Crippen molar-refractivity contribution < 1.29 is 0 Å². The Labute approximate surface area is 115 Å². The highest BCUT2D eigenvalue weighted by Crippen LogP contribution is 2.28. The van der Waals surface area contributed by atoms with Gasteiger partial charge in [0.15, 0.2) is 0 Å². The van der Waals surface area contributed by atoms with Crippen molar-refractivity contribution in [1.82, 2.24) is 10.2 Å². The molecule has 0 aromatic rings. The van der Waals surface area contributed by atoms with E-state index in [1.54, 1.807) is 0 Å². The summed E-state index contributed by atoms with van der Waals surface area (Å²) in [6.45, 7) is 8.54. The number of hydrogen-bond acceptors (Lipinski definition) is 2. The fourth-order valence-electron chi connectivity index (χ4n) is 3.21. The average molecular weight is 254 g/mol. The highest BCUT2D eigenvalue weighted by molar-refractivity contribution is 4.82. The van der Waals surface area contributed by atoms with E-state index >= 15 is 0 Å². The van der Waals surface area contributed by atoms with Gasteiger partial charge in [-0.15, -0.1) is 0 Å². The molecule has 18 heavy (non-hydrogen) atoms. The SMILES string of the molecule is CCCCN(CCCC)CCC1CCCC1NC. The maximum Gasteiger partial charge on any atom is 0.00928 e. The molecule has 2 atom stereocenters. The Hall–Kier alpha value is -0.0800. The molecule has 108 valence electrons. The third-order valence-electron chi connectivity index (χ3n) is 4.50. The van der Waals surface area contributed by atoms with Crippen LogP contribution in [-0.4, -0.2) is 37.6 Å². The van der Waals surface area contributed by atoms with E-state index in [1.807, 2.05) is 0 Å². The largest absolute Gasteiger partial charge is 0.317 e. The van der Waals surface area contributed by atoms with Gasteiger partial charge in [-0.3, -0.25) is 0 Å². The van der Waals surface area contributed by atoms with Crippen LogP contribution in [0.15, 0.2) is 0 Å². The van der Waals surface area contributed by atoms with Gasteiger partial charge in [-0.1, -0.05) is 33.1 Å². The first-order valence-corrected chi connectivity index (χ1v) is 8.21. The number of nitrogens with zero attached hydrogens (tertiary/aromatic N) is 1. The van der Waals surface area contributed by atoms with Crippen LogP contribution in [0.5, 0.6) is 0 Å². The molecule has 2 unspecified atom stereocenters. The van der Waals surface area contributed by atoms with Gasteiger partial charge in [0.1, 0.15) is 0 Å². The Bertz CT molecular complexity index is 186. The van der Waals surface area contributed by atoms with E-state index in [4.69, 9.17) is 0 Å². The molecule has 2 heteroatoms. The lowest BCUT2D eigenvalue weighted by Crippen LogP contribution is -2.33. The van der Waals surface area contributed by atoms with E-state index in [-0.39, 0.29) is 0 Å². The van der Waals surface area contributed by atoms with Crippen LogP contribution in [0.2, 0.25) is 0 Å². The topological polar surface area (TPSA) is 15.3 Å². The van der Waals surface area contributed by atoms with Crippen LogP contribution in [0.3, 0.4) is 0 Å². The smallest absolute Gasteiger partial charge is 0.00928 e. The first-order chi connectivity index (χ1) is 8.81. The third-order valence-corrected chi connectivity index (χ3v) is 4.50. The minimum Gasteiger partial charge on any atom is -0.317 e. The summed E-state index contributed by atoms with van der Waals surface area (Å²) in [5.41, 5.74) is 0. The summed E-state index contributed by atoms with van der Waals surface area (Å²) in [5, 5.41) is 3.51. The van der Waals surface area contributed by atoms with Crippen molar-refractivity contribution in [3.63, 3.8) is 0 Å². The molecule has 1 N–H and O–H groups in total. The van der Waals surface area contributed by atoms with Crippen LogP contribution in [-0.2, 0) is 0 Å². The number of hydrogen-bond donors (Lipinski definition) is 1. The molecule has 0 heterocycles. The van der Waals surface area contributed by atoms with Crippen molar-refractivity contribution >= 4 is 0 Å². The Morgan fingerprint density at radius 2 is 1.67 bits per heavy atom. The van der Waals surface area contributed by atoms with Gasteiger partial charge in [0.25, 0.3) is 0 Å². The lowest BCUT2D eigenvalue weighted by molar-refractivity contribution is 0.236. The Morgan fingerprint density at radius 3 is 2.22 bits per heavy atom. The molecule has 0 radical (unpaired) electrons. The van der Waals surface area contributed by atoms with E-state index < -0.39 is 0 Å². The summed E-state index contributed by atoms with van der Waals surface area (Å²) in [5.74, 6) is 0.931. The van der Waals surface area contributed by atoms with Crippen LogP contribution in [0, 0.1) is 5.92 Å². The molecule has 1 aliphatic rings. The van der Waals surface area contributed by atoms with Gasteiger partial charge in [-0.05, 0) is 64.7 Å². The lowest BCUT2D eigenvalue weighted by Gasteiger charge is -2.26. The van der Waals surface area contributed by atoms with Crippen molar-refractivity contribution in [3.05, 3.63) is 0 Å². The highest BCUT2D eigenvalue weighted by atomic mass is 15.1. The van der Waals surface area contributed by atoms with E-state index in [2.05, 4.69) is 31.1 Å². The molecule has 0 bridgehead atoms. The lowest BCUT2D eigenvalue weighted by atomic mass is 9.99. The van der Waals surface area contributed by atoms with Gasteiger partial charge < -0.3 is 10.2 Å². The first-order valence-electron chi connectivity index (χ1n) is 8.21. The van der Waals surface area contributed by atoms with Crippen molar-refractivity contribution in [2.45, 2.75) is 71.3 Å². The Balaban J connectivity index is 2.26. The van der Waals surface area contributed by atoms with E-state index in [0.29, 0.717) is 0 Å². The predicted octanol–water partition coefficient (Wildman–Crippen LogP) is 3.67. The van der Waals surface area contributed by atoms with Crippen molar-refractivity contribution in [2.75, 3.05) is 26.7 Å². The second kappa shape index (κ2) is 9.80.